The van der Waals surface area contributed by atoms with Crippen molar-refractivity contribution in [3.05, 3.63) is 28.6 Å². The number of hydrogen-bond donors (Lipinski definition) is 1. The first-order chi connectivity index (χ1) is 9.24. The number of thiazole rings is 1. The molecular weight excluding hydrogens is 278 g/mol. The summed E-state index contributed by atoms with van der Waals surface area (Å²) < 4.78 is 0. The number of amides is 1. The van der Waals surface area contributed by atoms with Crippen molar-refractivity contribution in [2.75, 3.05) is 13.1 Å². The van der Waals surface area contributed by atoms with Gasteiger partial charge in [0.15, 0.2) is 0 Å². The van der Waals surface area contributed by atoms with E-state index in [0.717, 1.165) is 29.3 Å². The van der Waals surface area contributed by atoms with E-state index >= 15 is 0 Å². The Labute approximate surface area is 119 Å². The lowest BCUT2D eigenvalue weighted by molar-refractivity contribution is 0.0704. The summed E-state index contributed by atoms with van der Waals surface area (Å²) in [5.74, 6) is 0.00852. The minimum atomic E-state index is 0.00852. The lowest BCUT2D eigenvalue weighted by Gasteiger charge is -2.30. The Morgan fingerprint density at radius 1 is 1.47 bits per heavy atom. The van der Waals surface area contributed by atoms with Crippen LogP contribution < -0.4 is 5.73 Å². The van der Waals surface area contributed by atoms with E-state index in [-0.39, 0.29) is 11.9 Å². The van der Waals surface area contributed by atoms with Crippen LogP contribution in [0.4, 0.5) is 0 Å². The van der Waals surface area contributed by atoms with Gasteiger partial charge in [0.05, 0.1) is 4.88 Å². The number of rotatable bonds is 2. The van der Waals surface area contributed by atoms with E-state index in [9.17, 15) is 4.79 Å². The number of thiophene rings is 1. The molecule has 2 aromatic rings. The fourth-order valence-electron chi connectivity index (χ4n) is 2.24. The summed E-state index contributed by atoms with van der Waals surface area (Å²) in [6, 6.07) is 4.12. The fraction of sp³-hybridized carbons (Fsp3) is 0.385. The molecule has 1 saturated heterocycles. The van der Waals surface area contributed by atoms with E-state index < -0.39 is 0 Å². The molecule has 19 heavy (non-hydrogen) atoms. The second-order valence-electron chi connectivity index (χ2n) is 4.67. The maximum Gasteiger partial charge on any atom is 0.273 e. The third-order valence-electron chi connectivity index (χ3n) is 3.20. The lowest BCUT2D eigenvalue weighted by Crippen LogP contribution is -2.45. The normalized spacial score (nSPS) is 19.6. The van der Waals surface area contributed by atoms with Crippen LogP contribution >= 0.6 is 22.7 Å². The number of nitrogens with two attached hydrogens (primary N) is 1. The zero-order valence-corrected chi connectivity index (χ0v) is 12.0. The van der Waals surface area contributed by atoms with Gasteiger partial charge in [-0.05, 0) is 24.3 Å². The molecule has 0 spiro atoms. The molecule has 100 valence electrons. The standard InChI is InChI=1S/C13H15N3OS2/c14-9-3-1-5-16(7-9)13(17)10-8-19-12(15-10)11-4-2-6-18-11/h2,4,6,8-9H,1,3,5,7,14H2. The first kappa shape index (κ1) is 12.8. The van der Waals surface area contributed by atoms with Crippen LogP contribution in [0.1, 0.15) is 23.3 Å². The Bertz CT molecular complexity index is 564. The molecule has 1 unspecified atom stereocenters. The lowest BCUT2D eigenvalue weighted by atomic mass is 10.1. The van der Waals surface area contributed by atoms with Crippen molar-refractivity contribution < 1.29 is 4.79 Å². The summed E-state index contributed by atoms with van der Waals surface area (Å²) in [4.78, 5) is 19.7. The van der Waals surface area contributed by atoms with Crippen LogP contribution in [0.25, 0.3) is 9.88 Å². The summed E-state index contributed by atoms with van der Waals surface area (Å²) in [5.41, 5.74) is 6.46. The van der Waals surface area contributed by atoms with Crippen LogP contribution in [0.2, 0.25) is 0 Å². The van der Waals surface area contributed by atoms with E-state index in [4.69, 9.17) is 5.73 Å². The van der Waals surface area contributed by atoms with Gasteiger partial charge in [-0.3, -0.25) is 4.79 Å². The van der Waals surface area contributed by atoms with Crippen molar-refractivity contribution in [3.63, 3.8) is 0 Å². The van der Waals surface area contributed by atoms with Crippen molar-refractivity contribution in [2.24, 2.45) is 5.73 Å². The second kappa shape index (κ2) is 5.40. The number of carbonyl (C=O) groups excluding carboxylic acids is 1. The Kier molecular flexibility index (Phi) is 3.63. The average molecular weight is 293 g/mol. The zero-order chi connectivity index (χ0) is 13.2. The molecule has 0 aliphatic carbocycles. The molecule has 2 N–H and O–H groups in total. The van der Waals surface area contributed by atoms with Crippen LogP contribution in [-0.2, 0) is 0 Å². The van der Waals surface area contributed by atoms with Crippen LogP contribution in [0.5, 0.6) is 0 Å². The minimum Gasteiger partial charge on any atom is -0.336 e. The van der Waals surface area contributed by atoms with Crippen molar-refractivity contribution in [1.82, 2.24) is 9.88 Å². The molecule has 3 rings (SSSR count). The van der Waals surface area contributed by atoms with Gasteiger partial charge in [0.2, 0.25) is 0 Å². The predicted octanol–water partition coefficient (Wildman–Crippen LogP) is 2.43. The topological polar surface area (TPSA) is 59.2 Å². The predicted molar refractivity (Wildman–Crippen MR) is 78.5 cm³/mol. The number of likely N-dealkylation sites (tertiary alicyclic amines) is 1. The minimum absolute atomic E-state index is 0.00852. The van der Waals surface area contributed by atoms with Crippen molar-refractivity contribution in [1.29, 1.82) is 0 Å². The van der Waals surface area contributed by atoms with Gasteiger partial charge in [0, 0.05) is 24.5 Å². The molecule has 0 saturated carbocycles. The quantitative estimate of drug-likeness (QED) is 0.925. The highest BCUT2D eigenvalue weighted by molar-refractivity contribution is 7.20. The van der Waals surface area contributed by atoms with Crippen LogP contribution in [-0.4, -0.2) is 34.9 Å². The van der Waals surface area contributed by atoms with Gasteiger partial charge in [-0.2, -0.15) is 0 Å². The maximum absolute atomic E-state index is 12.3. The Hall–Kier alpha value is -1.24. The largest absolute Gasteiger partial charge is 0.336 e. The third-order valence-corrected chi connectivity index (χ3v) is 5.08. The average Bonchev–Trinajstić information content (AvgIpc) is 3.08. The molecule has 6 heteroatoms. The van der Waals surface area contributed by atoms with Crippen LogP contribution in [0, 0.1) is 0 Å². The van der Waals surface area contributed by atoms with Gasteiger partial charge >= 0.3 is 0 Å². The van der Waals surface area contributed by atoms with E-state index in [1.807, 2.05) is 27.8 Å². The highest BCUT2D eigenvalue weighted by atomic mass is 32.1. The summed E-state index contributed by atoms with van der Waals surface area (Å²) in [5, 5.41) is 4.78. The van der Waals surface area contributed by atoms with E-state index in [0.29, 0.717) is 12.2 Å². The summed E-state index contributed by atoms with van der Waals surface area (Å²) in [6.07, 6.45) is 1.98. The van der Waals surface area contributed by atoms with Gasteiger partial charge in [-0.1, -0.05) is 6.07 Å². The number of carbonyl (C=O) groups is 1. The highest BCUT2D eigenvalue weighted by Crippen LogP contribution is 2.28. The molecular formula is C13H15N3OS2. The second-order valence-corrected chi connectivity index (χ2v) is 6.47. The van der Waals surface area contributed by atoms with E-state index in [1.54, 1.807) is 11.3 Å². The SMILES string of the molecule is NC1CCCN(C(=O)c2csc(-c3cccs3)n2)C1. The first-order valence-corrected chi connectivity index (χ1v) is 8.04. The highest BCUT2D eigenvalue weighted by Gasteiger charge is 2.24. The van der Waals surface area contributed by atoms with E-state index in [1.165, 1.54) is 11.3 Å². The molecule has 0 radical (unpaired) electrons. The van der Waals surface area contributed by atoms with Crippen molar-refractivity contribution >= 4 is 28.6 Å². The number of aromatic nitrogens is 1. The van der Waals surface area contributed by atoms with Crippen LogP contribution in [0.3, 0.4) is 0 Å². The van der Waals surface area contributed by atoms with Gasteiger partial charge < -0.3 is 10.6 Å². The number of piperidine rings is 1. The summed E-state index contributed by atoms with van der Waals surface area (Å²) in [7, 11) is 0. The van der Waals surface area contributed by atoms with Crippen LogP contribution in [0.15, 0.2) is 22.9 Å². The number of hydrogen-bond acceptors (Lipinski definition) is 5. The first-order valence-electron chi connectivity index (χ1n) is 6.28. The monoisotopic (exact) mass is 293 g/mol. The molecule has 3 heterocycles. The van der Waals surface area contributed by atoms with Crippen molar-refractivity contribution in [3.8, 4) is 9.88 Å². The Morgan fingerprint density at radius 2 is 2.37 bits per heavy atom. The molecule has 0 bridgehead atoms. The van der Waals surface area contributed by atoms with E-state index in [2.05, 4.69) is 4.98 Å². The van der Waals surface area contributed by atoms with Gasteiger partial charge in [-0.15, -0.1) is 22.7 Å². The fourth-order valence-corrected chi connectivity index (χ4v) is 3.85. The summed E-state index contributed by atoms with van der Waals surface area (Å²) in [6.45, 7) is 1.43. The van der Waals surface area contributed by atoms with Gasteiger partial charge in [0.1, 0.15) is 10.7 Å². The van der Waals surface area contributed by atoms with Crippen molar-refractivity contribution in [2.45, 2.75) is 18.9 Å². The Morgan fingerprint density at radius 3 is 3.11 bits per heavy atom. The molecule has 0 aromatic carbocycles. The Balaban J connectivity index is 1.77. The third kappa shape index (κ3) is 2.70. The molecule has 4 nitrogen and oxygen atoms in total. The van der Waals surface area contributed by atoms with Gasteiger partial charge in [0.25, 0.3) is 5.91 Å². The molecule has 1 aliphatic heterocycles. The maximum atomic E-state index is 12.3. The zero-order valence-electron chi connectivity index (χ0n) is 10.4. The molecule has 1 atom stereocenters. The molecule has 2 aromatic heterocycles. The smallest absolute Gasteiger partial charge is 0.273 e. The number of nitrogens with zero attached hydrogens (tertiary/aromatic N) is 2. The van der Waals surface area contributed by atoms with Gasteiger partial charge in [-0.25, -0.2) is 4.98 Å². The molecule has 1 fully saturated rings. The molecule has 1 aliphatic rings. The summed E-state index contributed by atoms with van der Waals surface area (Å²) >= 11 is 3.16. The molecule has 1 amide bonds.